The Kier molecular flexibility index (Phi) is 7.41. The van der Waals surface area contributed by atoms with E-state index in [-0.39, 0.29) is 22.7 Å². The highest BCUT2D eigenvalue weighted by Gasteiger charge is 2.37. The minimum absolute atomic E-state index is 0.189. The van der Waals surface area contributed by atoms with Crippen LogP contribution in [0.4, 0.5) is 33.7 Å². The van der Waals surface area contributed by atoms with E-state index in [2.05, 4.69) is 16.0 Å². The lowest BCUT2D eigenvalue weighted by Gasteiger charge is -2.23. The Labute approximate surface area is 199 Å². The molecule has 0 saturated carbocycles. The Morgan fingerprint density at radius 1 is 1.11 bits per heavy atom. The van der Waals surface area contributed by atoms with Crippen molar-refractivity contribution < 1.29 is 37.3 Å². The summed E-state index contributed by atoms with van der Waals surface area (Å²) in [5, 5.41) is 27.1. The fourth-order valence-electron chi connectivity index (χ4n) is 3.45. The third-order valence-corrected chi connectivity index (χ3v) is 5.07. The lowest BCUT2D eigenvalue weighted by Crippen LogP contribution is -2.30. The maximum atomic E-state index is 14.7. The highest BCUT2D eigenvalue weighted by atomic mass is 19.4. The lowest BCUT2D eigenvalue weighted by molar-refractivity contribution is -0.140. The molecule has 0 spiro atoms. The van der Waals surface area contributed by atoms with Gasteiger partial charge in [0.1, 0.15) is 11.6 Å². The molecule has 5 N–H and O–H groups in total. The summed E-state index contributed by atoms with van der Waals surface area (Å²) in [7, 11) is 0. The number of benzene rings is 2. The summed E-state index contributed by atoms with van der Waals surface area (Å²) in [4.78, 5) is 12.3. The van der Waals surface area contributed by atoms with Gasteiger partial charge in [0, 0.05) is 17.5 Å². The molecule has 0 fully saturated rings. The topological polar surface area (TPSA) is 103 Å². The third kappa shape index (κ3) is 6.31. The SMILES string of the molecule is CCOC1=CC(c2ccc(NC(=O)Nc3ccc(C(C)(C)O)c(C(F)(F)F)c3)c(F)c2)=CNC1O. The van der Waals surface area contributed by atoms with E-state index < -0.39 is 35.4 Å². The van der Waals surface area contributed by atoms with Crippen molar-refractivity contribution in [3.05, 3.63) is 76.9 Å². The molecule has 0 radical (unpaired) electrons. The van der Waals surface area contributed by atoms with Crippen LogP contribution in [0.2, 0.25) is 0 Å². The molecule has 1 aliphatic heterocycles. The van der Waals surface area contributed by atoms with Crippen LogP contribution in [0.15, 0.2) is 54.4 Å². The molecule has 2 aromatic rings. The van der Waals surface area contributed by atoms with Crippen molar-refractivity contribution in [2.45, 2.75) is 38.8 Å². The van der Waals surface area contributed by atoms with Crippen LogP contribution < -0.4 is 16.0 Å². The predicted molar refractivity (Wildman–Crippen MR) is 123 cm³/mol. The quantitative estimate of drug-likeness (QED) is 0.367. The van der Waals surface area contributed by atoms with Crippen molar-refractivity contribution in [2.24, 2.45) is 0 Å². The number of aliphatic hydroxyl groups excluding tert-OH is 1. The molecule has 0 aliphatic carbocycles. The summed E-state index contributed by atoms with van der Waals surface area (Å²) in [5.74, 6) is -0.523. The molecule has 2 amide bonds. The Balaban J connectivity index is 1.76. The van der Waals surface area contributed by atoms with E-state index in [0.29, 0.717) is 23.8 Å². The number of hydrogen-bond acceptors (Lipinski definition) is 5. The zero-order valence-electron chi connectivity index (χ0n) is 19.1. The third-order valence-electron chi connectivity index (χ3n) is 5.07. The van der Waals surface area contributed by atoms with Gasteiger partial charge in [-0.3, -0.25) is 0 Å². The van der Waals surface area contributed by atoms with Gasteiger partial charge in [-0.15, -0.1) is 0 Å². The number of hydrogen-bond donors (Lipinski definition) is 5. The number of aliphatic hydroxyl groups is 2. The zero-order valence-corrected chi connectivity index (χ0v) is 19.1. The largest absolute Gasteiger partial charge is 0.493 e. The van der Waals surface area contributed by atoms with Crippen LogP contribution in [0.3, 0.4) is 0 Å². The van der Waals surface area contributed by atoms with E-state index >= 15 is 0 Å². The van der Waals surface area contributed by atoms with E-state index in [1.807, 2.05) is 0 Å². The molecular weight excluding hydrogens is 470 g/mol. The van der Waals surface area contributed by atoms with Crippen molar-refractivity contribution in [1.29, 1.82) is 0 Å². The first-order valence-electron chi connectivity index (χ1n) is 10.6. The molecular formula is C24H25F4N3O4. The molecule has 7 nitrogen and oxygen atoms in total. The van der Waals surface area contributed by atoms with Crippen molar-refractivity contribution in [3.8, 4) is 0 Å². The van der Waals surface area contributed by atoms with Gasteiger partial charge in [0.2, 0.25) is 0 Å². The average molecular weight is 495 g/mol. The van der Waals surface area contributed by atoms with Crippen LogP contribution in [0.5, 0.6) is 0 Å². The molecule has 0 aromatic heterocycles. The normalized spacial score (nSPS) is 16.1. The van der Waals surface area contributed by atoms with Gasteiger partial charge >= 0.3 is 12.2 Å². The first-order chi connectivity index (χ1) is 16.3. The molecule has 3 rings (SSSR count). The van der Waals surface area contributed by atoms with Crippen molar-refractivity contribution in [3.63, 3.8) is 0 Å². The number of ether oxygens (including phenoxy) is 1. The van der Waals surface area contributed by atoms with Crippen LogP contribution in [0.25, 0.3) is 5.57 Å². The molecule has 0 saturated heterocycles. The van der Waals surface area contributed by atoms with Crippen molar-refractivity contribution >= 4 is 23.0 Å². The Morgan fingerprint density at radius 2 is 1.83 bits per heavy atom. The number of rotatable bonds is 6. The van der Waals surface area contributed by atoms with Crippen LogP contribution in [0.1, 0.15) is 37.5 Å². The van der Waals surface area contributed by atoms with Gasteiger partial charge in [0.25, 0.3) is 0 Å². The highest BCUT2D eigenvalue weighted by molar-refractivity contribution is 6.00. The smallest absolute Gasteiger partial charge is 0.416 e. The first kappa shape index (κ1) is 26.0. The molecule has 1 heterocycles. The molecule has 0 bridgehead atoms. The van der Waals surface area contributed by atoms with Gasteiger partial charge in [0.15, 0.2) is 6.23 Å². The Hall–Kier alpha value is -3.57. The van der Waals surface area contributed by atoms with E-state index in [0.717, 1.165) is 12.1 Å². The molecule has 11 heteroatoms. The van der Waals surface area contributed by atoms with E-state index in [1.54, 1.807) is 13.0 Å². The molecule has 188 valence electrons. The van der Waals surface area contributed by atoms with Crippen LogP contribution in [-0.4, -0.2) is 29.1 Å². The second kappa shape index (κ2) is 9.96. The first-order valence-corrected chi connectivity index (χ1v) is 10.6. The lowest BCUT2D eigenvalue weighted by atomic mass is 9.92. The summed E-state index contributed by atoms with van der Waals surface area (Å²) in [6.45, 7) is 4.52. The average Bonchev–Trinajstić information content (AvgIpc) is 2.75. The number of dihydropyridines is 1. The maximum Gasteiger partial charge on any atom is 0.416 e. The van der Waals surface area contributed by atoms with Crippen LogP contribution in [0, 0.1) is 5.82 Å². The van der Waals surface area contributed by atoms with Gasteiger partial charge in [-0.2, -0.15) is 13.2 Å². The second-order valence-electron chi connectivity index (χ2n) is 8.24. The summed E-state index contributed by atoms with van der Waals surface area (Å²) in [5.41, 5.74) is -2.63. The van der Waals surface area contributed by atoms with Gasteiger partial charge in [-0.05, 0) is 62.2 Å². The minimum Gasteiger partial charge on any atom is -0.493 e. The number of anilines is 2. The fourth-order valence-corrected chi connectivity index (χ4v) is 3.45. The van der Waals surface area contributed by atoms with Gasteiger partial charge in [-0.25, -0.2) is 9.18 Å². The van der Waals surface area contributed by atoms with Crippen LogP contribution in [-0.2, 0) is 16.5 Å². The number of nitrogens with one attached hydrogen (secondary N) is 3. The Bertz CT molecular complexity index is 1170. The summed E-state index contributed by atoms with van der Waals surface area (Å²) in [6.07, 6.45) is -2.75. The standard InChI is InChI=1S/C24H25F4N3O4/c1-4-35-20-10-14(12-29-21(20)32)13-5-8-19(18(25)9-13)31-22(33)30-15-6-7-16(23(2,3)34)17(11-15)24(26,27)28/h5-12,21,29,32,34H,4H2,1-3H3,(H2,30,31,33). The van der Waals surface area contributed by atoms with Crippen molar-refractivity contribution in [2.75, 3.05) is 17.2 Å². The van der Waals surface area contributed by atoms with Crippen LogP contribution >= 0.6 is 0 Å². The molecule has 1 aliphatic rings. The van der Waals surface area contributed by atoms with Gasteiger partial charge in [0.05, 0.1) is 23.5 Å². The van der Waals surface area contributed by atoms with Gasteiger partial charge in [-0.1, -0.05) is 12.1 Å². The van der Waals surface area contributed by atoms with E-state index in [1.165, 1.54) is 38.2 Å². The maximum absolute atomic E-state index is 14.7. The highest BCUT2D eigenvalue weighted by Crippen LogP contribution is 2.38. The number of carbonyl (C=O) groups is 1. The summed E-state index contributed by atoms with van der Waals surface area (Å²) in [6, 6.07) is 5.99. The predicted octanol–water partition coefficient (Wildman–Crippen LogP) is 4.90. The van der Waals surface area contributed by atoms with Gasteiger partial charge < -0.3 is 30.9 Å². The Morgan fingerprint density at radius 3 is 2.43 bits per heavy atom. The molecule has 35 heavy (non-hydrogen) atoms. The van der Waals surface area contributed by atoms with Crippen molar-refractivity contribution in [1.82, 2.24) is 5.32 Å². The fraction of sp³-hybridized carbons (Fsp3) is 0.292. The molecule has 2 aromatic carbocycles. The number of allylic oxidation sites excluding steroid dienone is 2. The zero-order chi connectivity index (χ0) is 26.0. The number of halogens is 4. The number of alkyl halides is 3. The monoisotopic (exact) mass is 495 g/mol. The van der Waals surface area contributed by atoms with E-state index in [4.69, 9.17) is 4.74 Å². The molecule has 1 unspecified atom stereocenters. The second-order valence-corrected chi connectivity index (χ2v) is 8.24. The number of urea groups is 1. The molecule has 1 atom stereocenters. The summed E-state index contributed by atoms with van der Waals surface area (Å²) >= 11 is 0. The summed E-state index contributed by atoms with van der Waals surface area (Å²) < 4.78 is 60.3. The number of amides is 2. The van der Waals surface area contributed by atoms with E-state index in [9.17, 15) is 32.6 Å². The number of carbonyl (C=O) groups excluding carboxylic acids is 1. The minimum atomic E-state index is -4.76.